The SMILES string of the molecule is Cc1ccc(C2=C(Nc3ccccc3)C(=O)N(c3ccc(F)c(F)c3)C2=O)cc1C. The molecule has 0 bridgehead atoms. The van der Waals surface area contributed by atoms with Gasteiger partial charge in [0.15, 0.2) is 11.6 Å². The van der Waals surface area contributed by atoms with Gasteiger partial charge in [0.25, 0.3) is 11.8 Å². The van der Waals surface area contributed by atoms with Crippen molar-refractivity contribution in [1.29, 1.82) is 0 Å². The fraction of sp³-hybridized carbons (Fsp3) is 0.0833. The fourth-order valence-corrected chi connectivity index (χ4v) is 3.33. The molecule has 0 aromatic heterocycles. The molecule has 4 nitrogen and oxygen atoms in total. The third kappa shape index (κ3) is 3.37. The van der Waals surface area contributed by atoms with Crippen LogP contribution in [0.3, 0.4) is 0 Å². The van der Waals surface area contributed by atoms with E-state index in [-0.39, 0.29) is 17.0 Å². The molecular weight excluding hydrogens is 386 g/mol. The van der Waals surface area contributed by atoms with E-state index in [1.54, 1.807) is 30.3 Å². The zero-order valence-electron chi connectivity index (χ0n) is 16.4. The van der Waals surface area contributed by atoms with Crippen LogP contribution in [0.25, 0.3) is 5.57 Å². The van der Waals surface area contributed by atoms with Crippen molar-refractivity contribution >= 4 is 28.8 Å². The molecule has 0 unspecified atom stereocenters. The Morgan fingerprint density at radius 2 is 1.50 bits per heavy atom. The Labute approximate surface area is 172 Å². The Morgan fingerprint density at radius 3 is 2.17 bits per heavy atom. The maximum absolute atomic E-state index is 13.8. The lowest BCUT2D eigenvalue weighted by Gasteiger charge is -2.15. The number of anilines is 2. The summed E-state index contributed by atoms with van der Waals surface area (Å²) in [6.45, 7) is 3.86. The summed E-state index contributed by atoms with van der Waals surface area (Å²) < 4.78 is 27.2. The van der Waals surface area contributed by atoms with E-state index in [2.05, 4.69) is 5.32 Å². The molecule has 1 heterocycles. The largest absolute Gasteiger partial charge is 0.350 e. The first-order chi connectivity index (χ1) is 14.4. The lowest BCUT2D eigenvalue weighted by Crippen LogP contribution is -2.32. The number of benzene rings is 3. The Morgan fingerprint density at radius 1 is 0.767 bits per heavy atom. The second-order valence-corrected chi connectivity index (χ2v) is 7.08. The van der Waals surface area contributed by atoms with Crippen LogP contribution in [0.5, 0.6) is 0 Å². The van der Waals surface area contributed by atoms with E-state index in [1.807, 2.05) is 32.0 Å². The Bertz CT molecular complexity index is 1200. The lowest BCUT2D eigenvalue weighted by molar-refractivity contribution is -0.120. The van der Waals surface area contributed by atoms with E-state index in [0.717, 1.165) is 28.2 Å². The van der Waals surface area contributed by atoms with Crippen LogP contribution in [0.2, 0.25) is 0 Å². The minimum atomic E-state index is -1.13. The van der Waals surface area contributed by atoms with Crippen molar-refractivity contribution in [2.24, 2.45) is 0 Å². The third-order valence-electron chi connectivity index (χ3n) is 5.08. The maximum atomic E-state index is 13.8. The number of para-hydroxylation sites is 1. The van der Waals surface area contributed by atoms with E-state index in [0.29, 0.717) is 11.3 Å². The van der Waals surface area contributed by atoms with Crippen molar-refractivity contribution in [3.63, 3.8) is 0 Å². The summed E-state index contributed by atoms with van der Waals surface area (Å²) in [6.07, 6.45) is 0. The molecular formula is C24H18F2N2O2. The van der Waals surface area contributed by atoms with Crippen LogP contribution in [0.4, 0.5) is 20.2 Å². The summed E-state index contributed by atoms with van der Waals surface area (Å²) in [4.78, 5) is 27.4. The molecule has 30 heavy (non-hydrogen) atoms. The number of nitrogens with zero attached hydrogens (tertiary/aromatic N) is 1. The van der Waals surface area contributed by atoms with Crippen LogP contribution in [-0.4, -0.2) is 11.8 Å². The number of aryl methyl sites for hydroxylation is 2. The molecule has 2 amide bonds. The number of hydrogen-bond donors (Lipinski definition) is 1. The van der Waals surface area contributed by atoms with Crippen molar-refractivity contribution in [1.82, 2.24) is 0 Å². The monoisotopic (exact) mass is 404 g/mol. The first-order valence-electron chi connectivity index (χ1n) is 9.34. The van der Waals surface area contributed by atoms with Gasteiger partial charge in [-0.2, -0.15) is 0 Å². The zero-order valence-corrected chi connectivity index (χ0v) is 16.4. The molecule has 150 valence electrons. The highest BCUT2D eigenvalue weighted by Gasteiger charge is 2.40. The maximum Gasteiger partial charge on any atom is 0.282 e. The van der Waals surface area contributed by atoms with Gasteiger partial charge in [-0.1, -0.05) is 36.4 Å². The normalized spacial score (nSPS) is 13.9. The van der Waals surface area contributed by atoms with Crippen LogP contribution in [0.1, 0.15) is 16.7 Å². The fourth-order valence-electron chi connectivity index (χ4n) is 3.33. The van der Waals surface area contributed by atoms with Crippen molar-refractivity contribution in [3.8, 4) is 0 Å². The van der Waals surface area contributed by atoms with E-state index in [9.17, 15) is 18.4 Å². The molecule has 0 aliphatic carbocycles. The smallest absolute Gasteiger partial charge is 0.282 e. The first kappa shape index (κ1) is 19.5. The average molecular weight is 404 g/mol. The van der Waals surface area contributed by atoms with Crippen molar-refractivity contribution in [2.75, 3.05) is 10.2 Å². The van der Waals surface area contributed by atoms with Gasteiger partial charge in [0.2, 0.25) is 0 Å². The molecule has 0 atom stereocenters. The highest BCUT2D eigenvalue weighted by molar-refractivity contribution is 6.46. The summed E-state index contributed by atoms with van der Waals surface area (Å²) in [5.41, 5.74) is 3.43. The molecule has 0 radical (unpaired) electrons. The van der Waals surface area contributed by atoms with Gasteiger partial charge in [0.1, 0.15) is 5.70 Å². The first-order valence-corrected chi connectivity index (χ1v) is 9.34. The molecule has 0 saturated heterocycles. The lowest BCUT2D eigenvalue weighted by atomic mass is 9.99. The van der Waals surface area contributed by atoms with Crippen molar-refractivity contribution in [3.05, 3.63) is 101 Å². The van der Waals surface area contributed by atoms with Gasteiger partial charge in [0, 0.05) is 11.8 Å². The molecule has 3 aromatic rings. The Balaban J connectivity index is 1.85. The molecule has 0 spiro atoms. The highest BCUT2D eigenvalue weighted by atomic mass is 19.2. The number of halogens is 2. The van der Waals surface area contributed by atoms with Gasteiger partial charge in [-0.05, 0) is 54.8 Å². The van der Waals surface area contributed by atoms with Gasteiger partial charge in [-0.3, -0.25) is 9.59 Å². The highest BCUT2D eigenvalue weighted by Crippen LogP contribution is 2.34. The van der Waals surface area contributed by atoms with Gasteiger partial charge < -0.3 is 5.32 Å². The number of rotatable bonds is 4. The van der Waals surface area contributed by atoms with Crippen molar-refractivity contribution < 1.29 is 18.4 Å². The van der Waals surface area contributed by atoms with E-state index in [4.69, 9.17) is 0 Å². The van der Waals surface area contributed by atoms with Crippen LogP contribution in [0, 0.1) is 25.5 Å². The van der Waals surface area contributed by atoms with Crippen LogP contribution in [-0.2, 0) is 9.59 Å². The number of amides is 2. The minimum absolute atomic E-state index is 0.0323. The molecule has 4 rings (SSSR count). The van der Waals surface area contributed by atoms with Crippen molar-refractivity contribution in [2.45, 2.75) is 13.8 Å². The van der Waals surface area contributed by atoms with Crippen LogP contribution in [0.15, 0.2) is 72.4 Å². The minimum Gasteiger partial charge on any atom is -0.350 e. The van der Waals surface area contributed by atoms with Crippen LogP contribution >= 0.6 is 0 Å². The quantitative estimate of drug-likeness (QED) is 0.624. The summed E-state index contributed by atoms with van der Waals surface area (Å²) in [5.74, 6) is -3.43. The van der Waals surface area contributed by atoms with Gasteiger partial charge in [-0.25, -0.2) is 13.7 Å². The molecule has 6 heteroatoms. The number of carbonyl (C=O) groups excluding carboxylic acids is 2. The van der Waals surface area contributed by atoms with Gasteiger partial charge in [0.05, 0.1) is 11.3 Å². The van der Waals surface area contributed by atoms with Gasteiger partial charge >= 0.3 is 0 Å². The average Bonchev–Trinajstić information content (AvgIpc) is 2.97. The standard InChI is InChI=1S/C24H18F2N2O2/c1-14-8-9-16(12-15(14)2)21-22(27-17-6-4-3-5-7-17)24(30)28(23(21)29)18-10-11-19(25)20(26)13-18/h3-13,27H,1-2H3. The summed E-state index contributed by atoms with van der Waals surface area (Å²) in [7, 11) is 0. The van der Waals surface area contributed by atoms with Gasteiger partial charge in [-0.15, -0.1) is 0 Å². The summed E-state index contributed by atoms with van der Waals surface area (Å²) >= 11 is 0. The van der Waals surface area contributed by atoms with E-state index >= 15 is 0 Å². The molecule has 0 saturated carbocycles. The Kier molecular flexibility index (Phi) is 4.91. The molecule has 1 N–H and O–H groups in total. The molecule has 1 aliphatic heterocycles. The topological polar surface area (TPSA) is 49.4 Å². The predicted molar refractivity (Wildman–Crippen MR) is 112 cm³/mol. The number of nitrogens with one attached hydrogen (secondary N) is 1. The number of imide groups is 1. The summed E-state index contributed by atoms with van der Waals surface area (Å²) in [6, 6.07) is 17.4. The third-order valence-corrected chi connectivity index (χ3v) is 5.08. The zero-order chi connectivity index (χ0) is 21.4. The summed E-state index contributed by atoms with van der Waals surface area (Å²) in [5, 5.41) is 3.03. The number of carbonyl (C=O) groups is 2. The van der Waals surface area contributed by atoms with Crippen LogP contribution < -0.4 is 10.2 Å². The molecule has 0 fully saturated rings. The molecule has 1 aliphatic rings. The second kappa shape index (κ2) is 7.55. The predicted octanol–water partition coefficient (Wildman–Crippen LogP) is 4.98. The molecule has 3 aromatic carbocycles. The Hall–Kier alpha value is -3.80. The van der Waals surface area contributed by atoms with E-state index in [1.165, 1.54) is 6.07 Å². The second-order valence-electron chi connectivity index (χ2n) is 7.08. The number of hydrogen-bond acceptors (Lipinski definition) is 3. The van der Waals surface area contributed by atoms with E-state index < -0.39 is 23.4 Å².